The van der Waals surface area contributed by atoms with Gasteiger partial charge in [0.2, 0.25) is 0 Å². The van der Waals surface area contributed by atoms with Crippen molar-refractivity contribution >= 4 is 0 Å². The zero-order chi connectivity index (χ0) is 31.9. The Hall–Kier alpha value is -5.08. The SMILES string of the molecule is CCCCCCC(C)(c1cc(-c2ccccc2)c(O)c(-c2ccccc2)c1)c1cc(-c2ccccc2)c(O)c(-c2ccccc2)c1. The predicted molar refractivity (Wildman–Crippen MR) is 193 cm³/mol. The molecule has 2 N–H and O–H groups in total. The van der Waals surface area contributed by atoms with Crippen LogP contribution in [0.25, 0.3) is 44.5 Å². The minimum absolute atomic E-state index is 0.287. The van der Waals surface area contributed by atoms with Crippen LogP contribution in [0.1, 0.15) is 57.1 Å². The predicted octanol–water partition coefficient (Wildman–Crippen LogP) is 12.0. The van der Waals surface area contributed by atoms with Gasteiger partial charge in [-0.05, 0) is 64.1 Å². The highest BCUT2D eigenvalue weighted by Crippen LogP contribution is 2.49. The molecule has 0 saturated heterocycles. The van der Waals surface area contributed by atoms with E-state index in [0.29, 0.717) is 0 Å². The first-order valence-corrected chi connectivity index (χ1v) is 16.5. The summed E-state index contributed by atoms with van der Waals surface area (Å²) < 4.78 is 0. The highest BCUT2D eigenvalue weighted by atomic mass is 16.3. The van der Waals surface area contributed by atoms with E-state index in [0.717, 1.165) is 74.9 Å². The highest BCUT2D eigenvalue weighted by molar-refractivity contribution is 5.85. The van der Waals surface area contributed by atoms with E-state index in [1.807, 2.05) is 72.8 Å². The molecule has 2 heteroatoms. The maximum absolute atomic E-state index is 11.8. The van der Waals surface area contributed by atoms with Crippen LogP contribution in [0.3, 0.4) is 0 Å². The largest absolute Gasteiger partial charge is 0.507 e. The maximum Gasteiger partial charge on any atom is 0.131 e. The number of hydrogen-bond acceptors (Lipinski definition) is 2. The van der Waals surface area contributed by atoms with Gasteiger partial charge in [0, 0.05) is 27.7 Å². The summed E-state index contributed by atoms with van der Waals surface area (Å²) in [4.78, 5) is 0. The van der Waals surface area contributed by atoms with Gasteiger partial charge in [-0.1, -0.05) is 161 Å². The maximum atomic E-state index is 11.8. The number of unbranched alkanes of at least 4 members (excludes halogenated alkanes) is 3. The molecule has 0 aliphatic rings. The quantitative estimate of drug-likeness (QED) is 0.145. The van der Waals surface area contributed by atoms with Crippen molar-refractivity contribution in [1.82, 2.24) is 0 Å². The standard InChI is InChI=1S/C44H42O2/c1-3-4-5-18-27-44(2,36-28-38(32-19-10-6-11-20-32)42(45)39(29-36)33-21-12-7-13-22-33)37-30-40(34-23-14-8-15-24-34)43(46)41(31-37)35-25-16-9-17-26-35/h6-17,19-26,28-31,45-46H,3-5,18,27H2,1-2H3. The first-order chi connectivity index (χ1) is 22.5. The van der Waals surface area contributed by atoms with Crippen LogP contribution >= 0.6 is 0 Å². The van der Waals surface area contributed by atoms with E-state index >= 15 is 0 Å². The minimum Gasteiger partial charge on any atom is -0.507 e. The number of phenols is 2. The second-order valence-electron chi connectivity index (χ2n) is 12.4. The molecule has 0 radical (unpaired) electrons. The Morgan fingerprint density at radius 3 is 1.02 bits per heavy atom. The lowest BCUT2D eigenvalue weighted by molar-refractivity contribution is 0.466. The van der Waals surface area contributed by atoms with E-state index in [1.54, 1.807) is 0 Å². The van der Waals surface area contributed by atoms with Crippen molar-refractivity contribution in [3.8, 4) is 56.0 Å². The lowest BCUT2D eigenvalue weighted by atomic mass is 9.70. The molecule has 2 nitrogen and oxygen atoms in total. The summed E-state index contributed by atoms with van der Waals surface area (Å²) in [6.45, 7) is 4.58. The molecule has 0 aromatic heterocycles. The third kappa shape index (κ3) is 6.34. The van der Waals surface area contributed by atoms with Gasteiger partial charge < -0.3 is 10.2 Å². The molecule has 0 bridgehead atoms. The molecule has 230 valence electrons. The van der Waals surface area contributed by atoms with Crippen molar-refractivity contribution in [2.45, 2.75) is 51.4 Å². The van der Waals surface area contributed by atoms with Crippen LogP contribution in [0.4, 0.5) is 0 Å². The fourth-order valence-corrected chi connectivity index (χ4v) is 6.62. The number of benzene rings is 6. The van der Waals surface area contributed by atoms with Gasteiger partial charge in [-0.25, -0.2) is 0 Å². The van der Waals surface area contributed by atoms with E-state index < -0.39 is 5.41 Å². The molecule has 0 spiro atoms. The van der Waals surface area contributed by atoms with E-state index in [-0.39, 0.29) is 11.5 Å². The molecule has 0 heterocycles. The summed E-state index contributed by atoms with van der Waals surface area (Å²) in [6, 6.07) is 49.4. The van der Waals surface area contributed by atoms with Crippen LogP contribution in [0, 0.1) is 0 Å². The molecule has 0 atom stereocenters. The normalized spacial score (nSPS) is 11.4. The zero-order valence-electron chi connectivity index (χ0n) is 26.8. The molecular formula is C44H42O2. The third-order valence-corrected chi connectivity index (χ3v) is 9.36. The summed E-state index contributed by atoms with van der Waals surface area (Å²) in [5.74, 6) is 0.574. The summed E-state index contributed by atoms with van der Waals surface area (Å²) in [5.41, 5.74) is 9.07. The second kappa shape index (κ2) is 13.9. The van der Waals surface area contributed by atoms with Crippen LogP contribution in [-0.4, -0.2) is 10.2 Å². The van der Waals surface area contributed by atoms with Gasteiger partial charge in [0.05, 0.1) is 0 Å². The van der Waals surface area contributed by atoms with Crippen molar-refractivity contribution < 1.29 is 10.2 Å². The smallest absolute Gasteiger partial charge is 0.131 e. The summed E-state index contributed by atoms with van der Waals surface area (Å²) >= 11 is 0. The van der Waals surface area contributed by atoms with Crippen molar-refractivity contribution in [3.63, 3.8) is 0 Å². The molecule has 6 rings (SSSR count). The van der Waals surface area contributed by atoms with E-state index in [1.165, 1.54) is 12.8 Å². The molecule has 0 aliphatic heterocycles. The van der Waals surface area contributed by atoms with E-state index in [4.69, 9.17) is 0 Å². The van der Waals surface area contributed by atoms with Crippen molar-refractivity contribution in [2.24, 2.45) is 0 Å². The number of hydrogen-bond donors (Lipinski definition) is 2. The fourth-order valence-electron chi connectivity index (χ4n) is 6.62. The Kier molecular flexibility index (Phi) is 9.36. The van der Waals surface area contributed by atoms with Crippen molar-refractivity contribution in [2.75, 3.05) is 0 Å². The van der Waals surface area contributed by atoms with E-state index in [9.17, 15) is 10.2 Å². The van der Waals surface area contributed by atoms with Gasteiger partial charge in [0.25, 0.3) is 0 Å². The van der Waals surface area contributed by atoms with Crippen LogP contribution in [-0.2, 0) is 5.41 Å². The lowest BCUT2D eigenvalue weighted by Crippen LogP contribution is -2.24. The zero-order valence-corrected chi connectivity index (χ0v) is 26.8. The average molecular weight is 603 g/mol. The lowest BCUT2D eigenvalue weighted by Gasteiger charge is -2.34. The molecule has 6 aromatic rings. The van der Waals surface area contributed by atoms with Gasteiger partial charge >= 0.3 is 0 Å². The fraction of sp³-hybridized carbons (Fsp3) is 0.182. The summed E-state index contributed by atoms with van der Waals surface area (Å²) in [5, 5.41) is 23.6. The molecule has 0 fully saturated rings. The molecule has 0 saturated carbocycles. The monoisotopic (exact) mass is 602 g/mol. The van der Waals surface area contributed by atoms with Crippen LogP contribution in [0.2, 0.25) is 0 Å². The average Bonchev–Trinajstić information content (AvgIpc) is 3.11. The van der Waals surface area contributed by atoms with Gasteiger partial charge in [-0.3, -0.25) is 0 Å². The van der Waals surface area contributed by atoms with Crippen LogP contribution in [0.15, 0.2) is 146 Å². The molecule has 0 amide bonds. The Labute approximate surface area is 273 Å². The Morgan fingerprint density at radius 2 is 0.739 bits per heavy atom. The second-order valence-corrected chi connectivity index (χ2v) is 12.4. The minimum atomic E-state index is -0.421. The number of aromatic hydroxyl groups is 2. The van der Waals surface area contributed by atoms with Gasteiger partial charge in [0.1, 0.15) is 11.5 Å². The van der Waals surface area contributed by atoms with Crippen molar-refractivity contribution in [1.29, 1.82) is 0 Å². The topological polar surface area (TPSA) is 40.5 Å². The number of phenolic OH excluding ortho intramolecular Hbond substituents is 2. The molecule has 6 aromatic carbocycles. The van der Waals surface area contributed by atoms with Crippen LogP contribution in [0.5, 0.6) is 11.5 Å². The summed E-state index contributed by atoms with van der Waals surface area (Å²) in [6.07, 6.45) is 5.50. The molecular weight excluding hydrogens is 560 g/mol. The Bertz CT molecular complexity index is 1620. The van der Waals surface area contributed by atoms with Crippen molar-refractivity contribution in [3.05, 3.63) is 157 Å². The highest BCUT2D eigenvalue weighted by Gasteiger charge is 2.32. The van der Waals surface area contributed by atoms with E-state index in [2.05, 4.69) is 86.6 Å². The molecule has 0 unspecified atom stereocenters. The summed E-state index contributed by atoms with van der Waals surface area (Å²) in [7, 11) is 0. The molecule has 46 heavy (non-hydrogen) atoms. The molecule has 0 aliphatic carbocycles. The Morgan fingerprint density at radius 1 is 0.435 bits per heavy atom. The first-order valence-electron chi connectivity index (χ1n) is 16.5. The number of rotatable bonds is 11. The third-order valence-electron chi connectivity index (χ3n) is 9.36. The first kappa shape index (κ1) is 30.9. The van der Waals surface area contributed by atoms with Gasteiger partial charge in [-0.2, -0.15) is 0 Å². The van der Waals surface area contributed by atoms with Gasteiger partial charge in [0.15, 0.2) is 0 Å². The Balaban J connectivity index is 1.64. The van der Waals surface area contributed by atoms with Gasteiger partial charge in [-0.15, -0.1) is 0 Å². The van der Waals surface area contributed by atoms with Crippen LogP contribution < -0.4 is 0 Å².